The van der Waals surface area contributed by atoms with Crippen LogP contribution in [-0.4, -0.2) is 16.9 Å². The average Bonchev–Trinajstić information content (AvgIpc) is 2.22. The highest BCUT2D eigenvalue weighted by molar-refractivity contribution is 7.80. The number of hydrogen-bond acceptors (Lipinski definition) is 3. The van der Waals surface area contributed by atoms with E-state index < -0.39 is 5.41 Å². The van der Waals surface area contributed by atoms with Gasteiger partial charge < -0.3 is 10.6 Å². The molecule has 4 nitrogen and oxygen atoms in total. The predicted molar refractivity (Wildman–Crippen MR) is 65.6 cm³/mol. The topological polar surface area (TPSA) is 58.2 Å². The number of nitrogens with one attached hydrogen (secondary N) is 2. The van der Waals surface area contributed by atoms with E-state index in [-0.39, 0.29) is 23.3 Å². The van der Waals surface area contributed by atoms with E-state index in [1.54, 1.807) is 18.2 Å². The molecule has 0 saturated carbocycles. The van der Waals surface area contributed by atoms with Crippen LogP contribution >= 0.6 is 12.2 Å². The Balaban J connectivity index is 3.05. The first kappa shape index (κ1) is 12.6. The number of carbonyl (C=O) groups is 2. The van der Waals surface area contributed by atoms with Gasteiger partial charge in [0.15, 0.2) is 5.11 Å². The van der Waals surface area contributed by atoms with Crippen molar-refractivity contribution in [3.8, 4) is 0 Å². The summed E-state index contributed by atoms with van der Waals surface area (Å²) in [6.07, 6.45) is 5.79. The maximum atomic E-state index is 11.9. The van der Waals surface area contributed by atoms with Gasteiger partial charge in [-0.3, -0.25) is 9.59 Å². The maximum Gasteiger partial charge on any atom is 0.242 e. The Bertz CT molecular complexity index is 354. The summed E-state index contributed by atoms with van der Waals surface area (Å²) in [5.74, 6) is -0.724. The molecule has 1 saturated heterocycles. The Morgan fingerprint density at radius 3 is 2.31 bits per heavy atom. The molecule has 0 aromatic rings. The lowest BCUT2D eigenvalue weighted by molar-refractivity contribution is -0.143. The molecule has 0 bridgehead atoms. The molecular formula is C11H14N2O2S. The van der Waals surface area contributed by atoms with Crippen molar-refractivity contribution in [3.05, 3.63) is 24.8 Å². The van der Waals surface area contributed by atoms with Crippen molar-refractivity contribution in [3.63, 3.8) is 0 Å². The van der Waals surface area contributed by atoms with E-state index in [9.17, 15) is 9.59 Å². The normalized spacial score (nSPS) is 19.4. The van der Waals surface area contributed by atoms with Crippen LogP contribution in [0, 0.1) is 5.41 Å². The Labute approximate surface area is 99.8 Å². The first-order valence-corrected chi connectivity index (χ1v) is 5.36. The molecular weight excluding hydrogens is 224 g/mol. The van der Waals surface area contributed by atoms with E-state index >= 15 is 0 Å². The van der Waals surface area contributed by atoms with Gasteiger partial charge in [-0.15, -0.1) is 6.58 Å². The summed E-state index contributed by atoms with van der Waals surface area (Å²) in [5.41, 5.74) is -1.11. The van der Waals surface area contributed by atoms with Gasteiger partial charge in [-0.2, -0.15) is 0 Å². The second-order valence-corrected chi connectivity index (χ2v) is 3.99. The minimum absolute atomic E-state index is 0.0650. The average molecular weight is 238 g/mol. The molecule has 2 amide bonds. The van der Waals surface area contributed by atoms with Gasteiger partial charge in [-0.25, -0.2) is 0 Å². The van der Waals surface area contributed by atoms with Crippen LogP contribution in [0.3, 0.4) is 0 Å². The smallest absolute Gasteiger partial charge is 0.242 e. The largest absolute Gasteiger partial charge is 0.302 e. The summed E-state index contributed by atoms with van der Waals surface area (Å²) in [4.78, 5) is 23.8. The summed E-state index contributed by atoms with van der Waals surface area (Å²) in [5, 5.41) is 5.01. The lowest BCUT2D eigenvalue weighted by atomic mass is 9.78. The summed E-state index contributed by atoms with van der Waals surface area (Å²) < 4.78 is 0. The van der Waals surface area contributed by atoms with Crippen LogP contribution in [0.25, 0.3) is 0 Å². The van der Waals surface area contributed by atoms with Crippen molar-refractivity contribution < 1.29 is 9.59 Å². The van der Waals surface area contributed by atoms with Crippen LogP contribution in [0.4, 0.5) is 0 Å². The van der Waals surface area contributed by atoms with Crippen LogP contribution in [0.15, 0.2) is 24.8 Å². The standard InChI is InChI=1S/C11H14N2O2S/c1-3-5-7-11(6-4-2)8(14)12-10(16)13-9(11)15/h3-5H,2,6-7H2,1H3,(H2,12,13,14,15,16)/b5-3+. The summed E-state index contributed by atoms with van der Waals surface area (Å²) in [6, 6.07) is 0. The lowest BCUT2D eigenvalue weighted by Crippen LogP contribution is -2.62. The van der Waals surface area contributed by atoms with Gasteiger partial charge in [0.05, 0.1) is 0 Å². The van der Waals surface area contributed by atoms with Crippen molar-refractivity contribution in [1.29, 1.82) is 0 Å². The van der Waals surface area contributed by atoms with Gasteiger partial charge in [0, 0.05) is 0 Å². The number of allylic oxidation sites excluding steroid dienone is 3. The van der Waals surface area contributed by atoms with Crippen LogP contribution in [-0.2, 0) is 9.59 Å². The first-order chi connectivity index (χ1) is 7.56. The number of rotatable bonds is 4. The fraction of sp³-hybridized carbons (Fsp3) is 0.364. The van der Waals surface area contributed by atoms with Crippen LogP contribution in [0.2, 0.25) is 0 Å². The van der Waals surface area contributed by atoms with Gasteiger partial charge in [0.1, 0.15) is 5.41 Å². The molecule has 2 N–H and O–H groups in total. The number of thiocarbonyl (C=S) groups is 1. The van der Waals surface area contributed by atoms with Crippen molar-refractivity contribution in [2.75, 3.05) is 0 Å². The van der Waals surface area contributed by atoms with Crippen molar-refractivity contribution in [2.45, 2.75) is 19.8 Å². The molecule has 0 atom stereocenters. The molecule has 0 aromatic heterocycles. The highest BCUT2D eigenvalue weighted by Gasteiger charge is 2.47. The highest BCUT2D eigenvalue weighted by Crippen LogP contribution is 2.30. The van der Waals surface area contributed by atoms with Crippen molar-refractivity contribution in [1.82, 2.24) is 10.6 Å². The predicted octanol–water partition coefficient (Wildman–Crippen LogP) is 1.05. The van der Waals surface area contributed by atoms with Crippen molar-refractivity contribution in [2.24, 2.45) is 5.41 Å². The summed E-state index contributed by atoms with van der Waals surface area (Å²) >= 11 is 4.75. The zero-order chi connectivity index (χ0) is 12.2. The van der Waals surface area contributed by atoms with Crippen molar-refractivity contribution >= 4 is 29.1 Å². The minimum atomic E-state index is -1.11. The highest BCUT2D eigenvalue weighted by atomic mass is 32.1. The molecule has 1 rings (SSSR count). The lowest BCUT2D eigenvalue weighted by Gasteiger charge is -2.33. The second kappa shape index (κ2) is 5.03. The molecule has 1 heterocycles. The van der Waals surface area contributed by atoms with Gasteiger partial charge in [-0.1, -0.05) is 18.2 Å². The molecule has 0 aliphatic carbocycles. The number of amides is 2. The first-order valence-electron chi connectivity index (χ1n) is 4.95. The molecule has 0 aromatic carbocycles. The van der Waals surface area contributed by atoms with Crippen LogP contribution in [0.5, 0.6) is 0 Å². The molecule has 1 aliphatic rings. The van der Waals surface area contributed by atoms with Gasteiger partial charge >= 0.3 is 0 Å². The van der Waals surface area contributed by atoms with E-state index in [1.807, 2.05) is 6.92 Å². The van der Waals surface area contributed by atoms with E-state index in [2.05, 4.69) is 17.2 Å². The monoisotopic (exact) mass is 238 g/mol. The second-order valence-electron chi connectivity index (χ2n) is 3.59. The Morgan fingerprint density at radius 2 is 1.88 bits per heavy atom. The van der Waals surface area contributed by atoms with Gasteiger partial charge in [-0.05, 0) is 32.0 Å². The summed E-state index contributed by atoms with van der Waals surface area (Å²) in [6.45, 7) is 5.42. The van der Waals surface area contributed by atoms with E-state index in [1.165, 1.54) is 0 Å². The Kier molecular flexibility index (Phi) is 3.95. The zero-order valence-corrected chi connectivity index (χ0v) is 9.89. The molecule has 16 heavy (non-hydrogen) atoms. The molecule has 1 aliphatic heterocycles. The molecule has 1 fully saturated rings. The third kappa shape index (κ3) is 2.19. The third-order valence-corrected chi connectivity index (χ3v) is 2.72. The molecule has 0 spiro atoms. The fourth-order valence-electron chi connectivity index (χ4n) is 1.60. The van der Waals surface area contributed by atoms with Gasteiger partial charge in [0.25, 0.3) is 0 Å². The Morgan fingerprint density at radius 1 is 1.31 bits per heavy atom. The van der Waals surface area contributed by atoms with E-state index in [4.69, 9.17) is 12.2 Å². The van der Waals surface area contributed by atoms with Crippen LogP contribution in [0.1, 0.15) is 19.8 Å². The van der Waals surface area contributed by atoms with E-state index in [0.717, 1.165) is 0 Å². The third-order valence-electron chi connectivity index (χ3n) is 2.52. The van der Waals surface area contributed by atoms with Gasteiger partial charge in [0.2, 0.25) is 11.8 Å². The minimum Gasteiger partial charge on any atom is -0.302 e. The zero-order valence-electron chi connectivity index (χ0n) is 9.08. The SMILES string of the molecule is C=CCC1(C/C=C/C)C(=O)NC(=S)NC1=O. The fourth-order valence-corrected chi connectivity index (χ4v) is 1.78. The molecule has 0 unspecified atom stereocenters. The Hall–Kier alpha value is -1.49. The molecule has 86 valence electrons. The number of carbonyl (C=O) groups excluding carboxylic acids is 2. The van der Waals surface area contributed by atoms with Crippen LogP contribution < -0.4 is 10.6 Å². The van der Waals surface area contributed by atoms with E-state index in [0.29, 0.717) is 6.42 Å². The quantitative estimate of drug-likeness (QED) is 0.437. The number of hydrogen-bond donors (Lipinski definition) is 2. The maximum absolute atomic E-state index is 11.9. The molecule has 0 radical (unpaired) electrons. The molecule has 5 heteroatoms. The summed E-state index contributed by atoms with van der Waals surface area (Å²) in [7, 11) is 0.